The van der Waals surface area contributed by atoms with Crippen LogP contribution >= 0.6 is 11.3 Å². The number of carbonyl (C=O) groups excluding carboxylic acids is 1. The van der Waals surface area contributed by atoms with Crippen molar-refractivity contribution in [2.45, 2.75) is 38.8 Å². The summed E-state index contributed by atoms with van der Waals surface area (Å²) in [4.78, 5) is 13.2. The van der Waals surface area contributed by atoms with Crippen LogP contribution in [0.5, 0.6) is 0 Å². The van der Waals surface area contributed by atoms with Gasteiger partial charge in [0, 0.05) is 10.9 Å². The summed E-state index contributed by atoms with van der Waals surface area (Å²) in [6, 6.07) is 3.41. The Kier molecular flexibility index (Phi) is 5.27. The first kappa shape index (κ1) is 16.3. The number of rotatable bonds is 5. The maximum Gasteiger partial charge on any atom is 0.315 e. The smallest absolute Gasteiger partial charge is 0.315 e. The quantitative estimate of drug-likeness (QED) is 0.870. The lowest BCUT2D eigenvalue weighted by Gasteiger charge is -2.21. The Morgan fingerprint density at radius 1 is 1.48 bits per heavy atom. The van der Waals surface area contributed by atoms with Crippen molar-refractivity contribution >= 4 is 27.2 Å². The first-order valence-corrected chi connectivity index (χ1v) is 9.86. The molecule has 0 aromatic carbocycles. The fraction of sp³-hybridized carbons (Fsp3) is 0.643. The van der Waals surface area contributed by atoms with E-state index in [1.165, 1.54) is 0 Å². The van der Waals surface area contributed by atoms with Crippen molar-refractivity contribution in [1.82, 2.24) is 10.6 Å². The van der Waals surface area contributed by atoms with Gasteiger partial charge in [0.25, 0.3) is 0 Å². The van der Waals surface area contributed by atoms with Gasteiger partial charge in [-0.1, -0.05) is 19.9 Å². The predicted octanol–water partition coefficient (Wildman–Crippen LogP) is 2.32. The van der Waals surface area contributed by atoms with Crippen molar-refractivity contribution in [1.29, 1.82) is 0 Å². The Balaban J connectivity index is 1.92. The summed E-state index contributed by atoms with van der Waals surface area (Å²) in [5, 5.41) is 7.74. The zero-order valence-corrected chi connectivity index (χ0v) is 14.0. The molecule has 1 aliphatic heterocycles. The monoisotopic (exact) mass is 330 g/mol. The highest BCUT2D eigenvalue weighted by atomic mass is 32.2. The minimum Gasteiger partial charge on any atom is -0.334 e. The number of thiophene rings is 1. The lowest BCUT2D eigenvalue weighted by Crippen LogP contribution is -2.44. The third-order valence-corrected chi connectivity index (χ3v) is 6.22. The van der Waals surface area contributed by atoms with E-state index in [2.05, 4.69) is 24.5 Å². The third-order valence-electron chi connectivity index (χ3n) is 3.47. The summed E-state index contributed by atoms with van der Waals surface area (Å²) >= 11 is 1.62. The van der Waals surface area contributed by atoms with Crippen LogP contribution in [-0.4, -0.2) is 32.0 Å². The molecule has 0 saturated carbocycles. The summed E-state index contributed by atoms with van der Waals surface area (Å²) in [5.74, 6) is 0.677. The zero-order valence-electron chi connectivity index (χ0n) is 12.3. The average Bonchev–Trinajstić information content (AvgIpc) is 2.97. The number of sulfone groups is 1. The van der Waals surface area contributed by atoms with Gasteiger partial charge in [-0.3, -0.25) is 0 Å². The maximum atomic E-state index is 12.1. The van der Waals surface area contributed by atoms with Crippen molar-refractivity contribution in [3.63, 3.8) is 0 Å². The van der Waals surface area contributed by atoms with E-state index < -0.39 is 9.84 Å². The highest BCUT2D eigenvalue weighted by Gasteiger charge is 2.29. The molecule has 1 aliphatic rings. The summed E-state index contributed by atoms with van der Waals surface area (Å²) in [5.41, 5.74) is 0. The normalized spacial score (nSPS) is 22.1. The molecular weight excluding hydrogens is 308 g/mol. The topological polar surface area (TPSA) is 75.3 Å². The summed E-state index contributed by atoms with van der Waals surface area (Å²) in [6.45, 7) is 4.23. The SMILES string of the molecule is CC(C)C[C@@H](NC(=O)N[C@H]1CCS(=O)(=O)C1)c1cccs1. The zero-order chi connectivity index (χ0) is 15.5. The second-order valence-electron chi connectivity index (χ2n) is 5.92. The lowest BCUT2D eigenvalue weighted by atomic mass is 10.0. The Morgan fingerprint density at radius 2 is 2.24 bits per heavy atom. The largest absolute Gasteiger partial charge is 0.334 e. The second kappa shape index (κ2) is 6.79. The lowest BCUT2D eigenvalue weighted by molar-refractivity contribution is 0.232. The Morgan fingerprint density at radius 3 is 2.76 bits per heavy atom. The molecule has 0 spiro atoms. The maximum absolute atomic E-state index is 12.1. The van der Waals surface area contributed by atoms with Gasteiger partial charge in [0.15, 0.2) is 9.84 Å². The van der Waals surface area contributed by atoms with Crippen molar-refractivity contribution in [3.8, 4) is 0 Å². The molecule has 7 heteroatoms. The number of amides is 2. The summed E-state index contributed by atoms with van der Waals surface area (Å²) in [7, 11) is -2.97. The molecule has 5 nitrogen and oxygen atoms in total. The number of carbonyl (C=O) groups is 1. The van der Waals surface area contributed by atoms with Crippen molar-refractivity contribution in [2.75, 3.05) is 11.5 Å². The molecule has 2 rings (SSSR count). The molecule has 0 bridgehead atoms. The number of urea groups is 1. The van der Waals surface area contributed by atoms with E-state index in [4.69, 9.17) is 0 Å². The van der Waals surface area contributed by atoms with E-state index in [0.717, 1.165) is 11.3 Å². The van der Waals surface area contributed by atoms with Crippen LogP contribution in [0.2, 0.25) is 0 Å². The number of hydrogen-bond donors (Lipinski definition) is 2. The molecule has 2 amide bonds. The molecule has 21 heavy (non-hydrogen) atoms. The number of nitrogens with one attached hydrogen (secondary N) is 2. The van der Waals surface area contributed by atoms with Gasteiger partial charge >= 0.3 is 6.03 Å². The Hall–Kier alpha value is -1.08. The second-order valence-corrected chi connectivity index (χ2v) is 9.12. The molecule has 118 valence electrons. The van der Waals surface area contributed by atoms with Crippen molar-refractivity contribution < 1.29 is 13.2 Å². The molecule has 0 aliphatic carbocycles. The highest BCUT2D eigenvalue weighted by Crippen LogP contribution is 2.25. The van der Waals surface area contributed by atoms with Crippen molar-refractivity contribution in [2.24, 2.45) is 5.92 Å². The van der Waals surface area contributed by atoms with Crippen LogP contribution < -0.4 is 10.6 Å². The molecule has 1 fully saturated rings. The molecule has 2 atom stereocenters. The van der Waals surface area contributed by atoms with Gasteiger partial charge in [-0.2, -0.15) is 0 Å². The predicted molar refractivity (Wildman–Crippen MR) is 85.2 cm³/mol. The van der Waals surface area contributed by atoms with Crippen LogP contribution in [0.25, 0.3) is 0 Å². The molecule has 0 radical (unpaired) electrons. The van der Waals surface area contributed by atoms with Crippen LogP contribution in [0.3, 0.4) is 0 Å². The Labute approximate surface area is 130 Å². The van der Waals surface area contributed by atoms with Gasteiger partial charge in [-0.25, -0.2) is 13.2 Å². The molecule has 0 unspecified atom stereocenters. The van der Waals surface area contributed by atoms with E-state index in [1.54, 1.807) is 11.3 Å². The van der Waals surface area contributed by atoms with Gasteiger partial charge in [0.1, 0.15) is 0 Å². The Bertz CT molecular complexity index is 567. The minimum atomic E-state index is -2.97. The van der Waals surface area contributed by atoms with Crippen LogP contribution in [-0.2, 0) is 9.84 Å². The minimum absolute atomic E-state index is 0.0250. The third kappa shape index (κ3) is 5.00. The van der Waals surface area contributed by atoms with Gasteiger partial charge < -0.3 is 10.6 Å². The molecule has 2 heterocycles. The van der Waals surface area contributed by atoms with Gasteiger partial charge in [-0.15, -0.1) is 11.3 Å². The average molecular weight is 330 g/mol. The molecule has 1 aromatic heterocycles. The van der Waals surface area contributed by atoms with Crippen molar-refractivity contribution in [3.05, 3.63) is 22.4 Å². The first-order valence-electron chi connectivity index (χ1n) is 7.16. The van der Waals surface area contributed by atoms with Gasteiger partial charge in [-0.05, 0) is 30.2 Å². The summed E-state index contributed by atoms with van der Waals surface area (Å²) < 4.78 is 22.8. The highest BCUT2D eigenvalue weighted by molar-refractivity contribution is 7.91. The van der Waals surface area contributed by atoms with Crippen LogP contribution in [0.1, 0.15) is 37.6 Å². The van der Waals surface area contributed by atoms with Gasteiger partial charge in [0.2, 0.25) is 0 Å². The fourth-order valence-electron chi connectivity index (χ4n) is 2.50. The summed E-state index contributed by atoms with van der Waals surface area (Å²) in [6.07, 6.45) is 1.36. The van der Waals surface area contributed by atoms with E-state index in [9.17, 15) is 13.2 Å². The molecule has 1 saturated heterocycles. The molecule has 1 aromatic rings. The van der Waals surface area contributed by atoms with Crippen LogP contribution in [0, 0.1) is 5.92 Å². The van der Waals surface area contributed by atoms with Gasteiger partial charge in [0.05, 0.1) is 17.5 Å². The van der Waals surface area contributed by atoms with E-state index in [1.807, 2.05) is 17.5 Å². The van der Waals surface area contributed by atoms with Crippen LogP contribution in [0.15, 0.2) is 17.5 Å². The van der Waals surface area contributed by atoms with E-state index in [0.29, 0.717) is 12.3 Å². The standard InChI is InChI=1S/C14H22N2O3S2/c1-10(2)8-12(13-4-3-6-20-13)16-14(17)15-11-5-7-21(18,19)9-11/h3-4,6,10-12H,5,7-9H2,1-2H3,(H2,15,16,17)/t11-,12+/m0/s1. The molecular formula is C14H22N2O3S2. The van der Waals surface area contributed by atoms with E-state index >= 15 is 0 Å². The van der Waals surface area contributed by atoms with Crippen LogP contribution in [0.4, 0.5) is 4.79 Å². The fourth-order valence-corrected chi connectivity index (χ4v) is 4.97. The molecule has 2 N–H and O–H groups in total. The van der Waals surface area contributed by atoms with E-state index in [-0.39, 0.29) is 29.6 Å². The first-order chi connectivity index (χ1) is 9.85. The number of hydrogen-bond acceptors (Lipinski definition) is 4.